The van der Waals surface area contributed by atoms with Crippen molar-refractivity contribution in [3.8, 4) is 0 Å². The average Bonchev–Trinajstić information content (AvgIpc) is 3.18. The normalized spacial score (nSPS) is 31.1. The topological polar surface area (TPSA) is 87.0 Å². The maximum Gasteiger partial charge on any atom is 0.191 e. The van der Waals surface area contributed by atoms with E-state index in [1.807, 2.05) is 18.5 Å². The van der Waals surface area contributed by atoms with Gasteiger partial charge in [0.1, 0.15) is 6.10 Å². The van der Waals surface area contributed by atoms with Crippen molar-refractivity contribution < 1.29 is 9.47 Å². The van der Waals surface area contributed by atoms with Crippen molar-refractivity contribution >= 4 is 51.3 Å². The second kappa shape index (κ2) is 9.42. The average molecular weight is 607 g/mol. The third kappa shape index (κ3) is 4.55. The first-order chi connectivity index (χ1) is 17.0. The predicted molar refractivity (Wildman–Crippen MR) is 145 cm³/mol. The number of ether oxygens (including phenoxy) is 2. The SMILES string of the molecule is CCCSc1nc(N[C@@H]2C[C@H]2c2ccccc2)c2nnn([C@H]3C[C@@H](CI)[C@@H]4OC(C)(C)O[C@@H]43)c2n1. The summed E-state index contributed by atoms with van der Waals surface area (Å²) < 4.78 is 15.7. The van der Waals surface area contributed by atoms with Gasteiger partial charge in [-0.3, -0.25) is 0 Å². The van der Waals surface area contributed by atoms with Gasteiger partial charge in [-0.05, 0) is 44.6 Å². The number of hydrogen-bond donors (Lipinski definition) is 1. The van der Waals surface area contributed by atoms with Crippen LogP contribution in [0, 0.1) is 5.92 Å². The van der Waals surface area contributed by atoms with Gasteiger partial charge in [0, 0.05) is 22.1 Å². The number of nitrogens with one attached hydrogen (secondary N) is 1. The molecule has 3 fully saturated rings. The van der Waals surface area contributed by atoms with E-state index in [9.17, 15) is 0 Å². The molecular weight excluding hydrogens is 575 g/mol. The standard InChI is InChI=1S/C25H31IN6O2S/c1-4-10-35-24-28-22(27-17-12-16(17)14-8-6-5-7-9-14)19-23(29-24)32(31-30-19)18-11-15(13-26)20-21(18)34-25(2,3)33-20/h5-9,15-18,20-21H,4,10-13H2,1-3H3,(H,27,28,29)/t15-,16-,17+,18-,20-,21+/m0/s1. The first-order valence-electron chi connectivity index (χ1n) is 12.5. The van der Waals surface area contributed by atoms with Gasteiger partial charge in [0.15, 0.2) is 27.9 Å². The summed E-state index contributed by atoms with van der Waals surface area (Å²) in [7, 11) is 0. The van der Waals surface area contributed by atoms with Crippen LogP contribution < -0.4 is 5.32 Å². The van der Waals surface area contributed by atoms with Gasteiger partial charge in [0.2, 0.25) is 0 Å². The summed E-state index contributed by atoms with van der Waals surface area (Å²) in [6.45, 7) is 6.16. The lowest BCUT2D eigenvalue weighted by molar-refractivity contribution is -0.159. The lowest BCUT2D eigenvalue weighted by atomic mass is 10.1. The zero-order valence-electron chi connectivity index (χ0n) is 20.2. The molecule has 3 heterocycles. The van der Waals surface area contributed by atoms with Crippen LogP contribution in [0.3, 0.4) is 0 Å². The molecule has 0 amide bonds. The summed E-state index contributed by atoms with van der Waals surface area (Å²) in [6.07, 6.45) is 3.10. The maximum absolute atomic E-state index is 6.37. The van der Waals surface area contributed by atoms with E-state index in [2.05, 4.69) is 75.5 Å². The maximum atomic E-state index is 6.37. The third-order valence-electron chi connectivity index (χ3n) is 7.14. The molecule has 0 unspecified atom stereocenters. The van der Waals surface area contributed by atoms with Crippen LogP contribution in [0.25, 0.3) is 11.2 Å². The van der Waals surface area contributed by atoms with Crippen molar-refractivity contribution in [2.75, 3.05) is 15.5 Å². The Morgan fingerprint density at radius 3 is 2.71 bits per heavy atom. The number of hydrogen-bond acceptors (Lipinski definition) is 8. The highest BCUT2D eigenvalue weighted by Crippen LogP contribution is 2.48. The second-order valence-electron chi connectivity index (χ2n) is 10.2. The van der Waals surface area contributed by atoms with Crippen molar-refractivity contribution in [2.24, 2.45) is 5.92 Å². The molecule has 1 N–H and O–H groups in total. The molecular formula is C25H31IN6O2S. The molecule has 1 aliphatic heterocycles. The smallest absolute Gasteiger partial charge is 0.191 e. The zero-order chi connectivity index (χ0) is 24.2. The molecule has 0 spiro atoms. The van der Waals surface area contributed by atoms with Crippen molar-refractivity contribution in [1.82, 2.24) is 25.0 Å². The van der Waals surface area contributed by atoms with Crippen molar-refractivity contribution in [1.29, 1.82) is 0 Å². The quantitative estimate of drug-likeness (QED) is 0.162. The second-order valence-corrected chi connectivity index (χ2v) is 12.1. The van der Waals surface area contributed by atoms with Gasteiger partial charge in [0.25, 0.3) is 0 Å². The number of benzene rings is 1. The Morgan fingerprint density at radius 1 is 1.14 bits per heavy atom. The molecule has 6 atom stereocenters. The Balaban J connectivity index is 1.33. The molecule has 0 bridgehead atoms. The fraction of sp³-hybridized carbons (Fsp3) is 0.600. The Hall–Kier alpha value is -1.50. The minimum Gasteiger partial charge on any atom is -0.365 e. The summed E-state index contributed by atoms with van der Waals surface area (Å²) in [5, 5.41) is 13.6. The van der Waals surface area contributed by atoms with E-state index in [1.54, 1.807) is 11.8 Å². The molecule has 2 aliphatic carbocycles. The van der Waals surface area contributed by atoms with E-state index in [0.717, 1.165) is 51.6 Å². The highest BCUT2D eigenvalue weighted by molar-refractivity contribution is 14.1. The largest absolute Gasteiger partial charge is 0.365 e. The van der Waals surface area contributed by atoms with Crippen molar-refractivity contribution in [2.45, 2.75) is 81.2 Å². The zero-order valence-corrected chi connectivity index (χ0v) is 23.2. The molecule has 10 heteroatoms. The molecule has 1 aromatic carbocycles. The molecule has 35 heavy (non-hydrogen) atoms. The van der Waals surface area contributed by atoms with E-state index in [1.165, 1.54) is 5.56 Å². The highest BCUT2D eigenvalue weighted by Gasteiger charge is 2.55. The van der Waals surface area contributed by atoms with Crippen molar-refractivity contribution in [3.63, 3.8) is 0 Å². The lowest BCUT2D eigenvalue weighted by Gasteiger charge is -2.23. The van der Waals surface area contributed by atoms with Crippen LogP contribution in [0.15, 0.2) is 35.5 Å². The van der Waals surface area contributed by atoms with Crippen LogP contribution in [0.5, 0.6) is 0 Å². The molecule has 186 valence electrons. The Morgan fingerprint density at radius 2 is 1.94 bits per heavy atom. The van der Waals surface area contributed by atoms with E-state index < -0.39 is 5.79 Å². The molecule has 3 aliphatic rings. The fourth-order valence-electron chi connectivity index (χ4n) is 5.44. The van der Waals surface area contributed by atoms with Crippen LogP contribution in [-0.4, -0.2) is 59.2 Å². The van der Waals surface area contributed by atoms with Gasteiger partial charge in [-0.25, -0.2) is 14.6 Å². The van der Waals surface area contributed by atoms with E-state index in [4.69, 9.17) is 19.4 Å². The Bertz CT molecular complexity index is 1210. The van der Waals surface area contributed by atoms with Crippen LogP contribution in [-0.2, 0) is 9.47 Å². The molecule has 1 saturated heterocycles. The number of rotatable bonds is 8. The molecule has 0 radical (unpaired) electrons. The Kier molecular flexibility index (Phi) is 6.43. The summed E-state index contributed by atoms with van der Waals surface area (Å²) in [4.78, 5) is 9.81. The first-order valence-corrected chi connectivity index (χ1v) is 15.0. The molecule has 2 aromatic heterocycles. The van der Waals surface area contributed by atoms with Crippen LogP contribution in [0.2, 0.25) is 0 Å². The molecule has 3 aromatic rings. The predicted octanol–water partition coefficient (Wildman–Crippen LogP) is 5.21. The number of nitrogens with zero attached hydrogens (tertiary/aromatic N) is 5. The van der Waals surface area contributed by atoms with Crippen molar-refractivity contribution in [3.05, 3.63) is 35.9 Å². The van der Waals surface area contributed by atoms with E-state index >= 15 is 0 Å². The number of alkyl halides is 1. The van der Waals surface area contributed by atoms with Gasteiger partial charge >= 0.3 is 0 Å². The molecule has 6 rings (SSSR count). The minimum absolute atomic E-state index is 0.0382. The number of halogens is 1. The lowest BCUT2D eigenvalue weighted by Crippen LogP contribution is -2.28. The molecule has 8 nitrogen and oxygen atoms in total. The minimum atomic E-state index is -0.587. The van der Waals surface area contributed by atoms with Crippen LogP contribution in [0.1, 0.15) is 57.6 Å². The molecule has 2 saturated carbocycles. The monoisotopic (exact) mass is 606 g/mol. The van der Waals surface area contributed by atoms with E-state index in [-0.39, 0.29) is 18.2 Å². The van der Waals surface area contributed by atoms with Crippen LogP contribution in [0.4, 0.5) is 5.82 Å². The first kappa shape index (κ1) is 23.9. The summed E-state index contributed by atoms with van der Waals surface area (Å²) in [5.41, 5.74) is 2.88. The van der Waals surface area contributed by atoms with Gasteiger partial charge < -0.3 is 14.8 Å². The third-order valence-corrected chi connectivity index (χ3v) is 9.33. The Labute approximate surface area is 223 Å². The number of thioether (sulfide) groups is 1. The fourth-order valence-corrected chi connectivity index (χ4v) is 6.99. The summed E-state index contributed by atoms with van der Waals surface area (Å²) in [6, 6.07) is 11.1. The van der Waals surface area contributed by atoms with Gasteiger partial charge in [-0.1, -0.05) is 76.8 Å². The number of fused-ring (bicyclic) bond motifs is 2. The van der Waals surface area contributed by atoms with E-state index in [0.29, 0.717) is 17.9 Å². The summed E-state index contributed by atoms with van der Waals surface area (Å²) in [5.74, 6) is 2.08. The summed E-state index contributed by atoms with van der Waals surface area (Å²) >= 11 is 4.14. The number of anilines is 1. The van der Waals surface area contributed by atoms with Gasteiger partial charge in [-0.15, -0.1) is 5.10 Å². The number of aromatic nitrogens is 5. The highest BCUT2D eigenvalue weighted by atomic mass is 127. The van der Waals surface area contributed by atoms with Gasteiger partial charge in [-0.2, -0.15) is 0 Å². The van der Waals surface area contributed by atoms with Gasteiger partial charge in [0.05, 0.1) is 12.1 Å². The van der Waals surface area contributed by atoms with Crippen LogP contribution >= 0.6 is 34.4 Å².